The lowest BCUT2D eigenvalue weighted by atomic mass is 10.0. The van der Waals surface area contributed by atoms with E-state index in [-0.39, 0.29) is 5.02 Å². The summed E-state index contributed by atoms with van der Waals surface area (Å²) in [5, 5.41) is 18.1. The number of carboxylic acids is 1. The van der Waals surface area contributed by atoms with Crippen LogP contribution in [0.3, 0.4) is 0 Å². The van der Waals surface area contributed by atoms with Gasteiger partial charge in [0.05, 0.1) is 17.2 Å². The molecule has 0 saturated carbocycles. The molecule has 0 saturated heterocycles. The van der Waals surface area contributed by atoms with Gasteiger partial charge in [0.2, 0.25) is 10.0 Å². The van der Waals surface area contributed by atoms with E-state index in [1.54, 1.807) is 0 Å². The Morgan fingerprint density at radius 1 is 1.43 bits per heavy atom. The fourth-order valence-electron chi connectivity index (χ4n) is 1.40. The topological polar surface area (TPSA) is 104 Å². The van der Waals surface area contributed by atoms with Gasteiger partial charge in [0.1, 0.15) is 4.90 Å². The maximum absolute atomic E-state index is 14.1. The van der Waals surface area contributed by atoms with Gasteiger partial charge in [0.25, 0.3) is 0 Å². The minimum Gasteiger partial charge on any atom is -0.478 e. The van der Waals surface area contributed by atoms with Gasteiger partial charge in [-0.05, 0) is 32.9 Å². The minimum absolute atomic E-state index is 0.232. The smallest absolute Gasteiger partial charge is 0.338 e. The van der Waals surface area contributed by atoms with Gasteiger partial charge < -0.3 is 10.2 Å². The Balaban J connectivity index is 3.43. The largest absolute Gasteiger partial charge is 0.478 e. The molecule has 0 bridgehead atoms. The molecule has 1 aromatic rings. The molecule has 118 valence electrons. The fourth-order valence-corrected chi connectivity index (χ4v) is 3.29. The summed E-state index contributed by atoms with van der Waals surface area (Å²) in [4.78, 5) is 10.0. The number of aliphatic hydroxyl groups excluding tert-OH is 1. The van der Waals surface area contributed by atoms with E-state index in [9.17, 15) is 22.7 Å². The van der Waals surface area contributed by atoms with Gasteiger partial charge in [-0.25, -0.2) is 22.3 Å². The van der Waals surface area contributed by atoms with Crippen molar-refractivity contribution in [2.45, 2.75) is 37.3 Å². The number of sulfonamides is 1. The summed E-state index contributed by atoms with van der Waals surface area (Å²) >= 11 is 5.63. The number of carboxylic acid groups (broad SMARTS) is 1. The molecular weight excluding hydrogens is 325 g/mol. The van der Waals surface area contributed by atoms with Crippen molar-refractivity contribution in [2.75, 3.05) is 0 Å². The first kappa shape index (κ1) is 17.8. The molecule has 21 heavy (non-hydrogen) atoms. The van der Waals surface area contributed by atoms with Crippen molar-refractivity contribution in [3.05, 3.63) is 28.5 Å². The summed E-state index contributed by atoms with van der Waals surface area (Å²) in [6.07, 6.45) is -1.06. The Kier molecular flexibility index (Phi) is 4.99. The van der Waals surface area contributed by atoms with E-state index in [0.717, 1.165) is 12.1 Å². The third kappa shape index (κ3) is 3.91. The molecule has 1 aromatic carbocycles. The van der Waals surface area contributed by atoms with Crippen molar-refractivity contribution in [1.29, 1.82) is 0 Å². The van der Waals surface area contributed by atoms with Gasteiger partial charge in [-0.2, -0.15) is 0 Å². The molecular formula is C12H15ClFNO5S. The zero-order valence-corrected chi connectivity index (χ0v) is 13.1. The van der Waals surface area contributed by atoms with Crippen LogP contribution in [0, 0.1) is 5.82 Å². The summed E-state index contributed by atoms with van der Waals surface area (Å²) in [5.74, 6) is -3.05. The van der Waals surface area contributed by atoms with Crippen molar-refractivity contribution < 1.29 is 27.8 Å². The summed E-state index contributed by atoms with van der Waals surface area (Å²) in [6, 6.07) is 1.63. The third-order valence-electron chi connectivity index (χ3n) is 2.97. The van der Waals surface area contributed by atoms with Crippen molar-refractivity contribution in [1.82, 2.24) is 4.72 Å². The highest BCUT2D eigenvalue weighted by atomic mass is 35.5. The standard InChI is InChI=1S/C12H15ClFNO5S/c1-6(16)12(2,3)15-21(19,20)9-5-7(13)4-8(10(9)14)11(17)18/h4-6,15-16H,1-3H3,(H,17,18). The normalized spacial score (nSPS) is 14.0. The van der Waals surface area contributed by atoms with E-state index in [4.69, 9.17) is 16.7 Å². The molecule has 1 unspecified atom stereocenters. The number of aromatic carboxylic acids is 1. The highest BCUT2D eigenvalue weighted by Gasteiger charge is 2.33. The fraction of sp³-hybridized carbons (Fsp3) is 0.417. The Morgan fingerprint density at radius 2 is 1.95 bits per heavy atom. The van der Waals surface area contributed by atoms with E-state index < -0.39 is 43.9 Å². The van der Waals surface area contributed by atoms with Crippen molar-refractivity contribution >= 4 is 27.6 Å². The number of benzene rings is 1. The maximum Gasteiger partial charge on any atom is 0.338 e. The number of rotatable bonds is 5. The van der Waals surface area contributed by atoms with Crippen LogP contribution in [0.25, 0.3) is 0 Å². The van der Waals surface area contributed by atoms with E-state index in [2.05, 4.69) is 4.72 Å². The highest BCUT2D eigenvalue weighted by molar-refractivity contribution is 7.89. The van der Waals surface area contributed by atoms with E-state index in [1.807, 2.05) is 0 Å². The first-order valence-electron chi connectivity index (χ1n) is 5.83. The molecule has 1 rings (SSSR count). The molecule has 0 aromatic heterocycles. The van der Waals surface area contributed by atoms with Crippen LogP contribution in [0.5, 0.6) is 0 Å². The Bertz CT molecular complexity index is 672. The highest BCUT2D eigenvalue weighted by Crippen LogP contribution is 2.25. The second kappa shape index (κ2) is 5.88. The molecule has 0 heterocycles. The number of carbonyl (C=O) groups is 1. The Labute approximate surface area is 126 Å². The average Bonchev–Trinajstić information content (AvgIpc) is 2.29. The second-order valence-electron chi connectivity index (χ2n) is 5.07. The quantitative estimate of drug-likeness (QED) is 0.756. The zero-order valence-electron chi connectivity index (χ0n) is 11.5. The van der Waals surface area contributed by atoms with Crippen molar-refractivity contribution in [3.8, 4) is 0 Å². The van der Waals surface area contributed by atoms with Gasteiger partial charge >= 0.3 is 5.97 Å². The molecule has 0 aliphatic rings. The van der Waals surface area contributed by atoms with Crippen LogP contribution in [0.2, 0.25) is 5.02 Å². The van der Waals surface area contributed by atoms with Gasteiger partial charge in [0.15, 0.2) is 5.82 Å². The third-order valence-corrected chi connectivity index (χ3v) is 4.85. The average molecular weight is 340 g/mol. The second-order valence-corrected chi connectivity index (χ2v) is 7.16. The maximum atomic E-state index is 14.1. The summed E-state index contributed by atoms with van der Waals surface area (Å²) in [7, 11) is -4.40. The molecule has 9 heteroatoms. The van der Waals surface area contributed by atoms with Gasteiger partial charge in [-0.15, -0.1) is 0 Å². The van der Waals surface area contributed by atoms with Gasteiger partial charge in [-0.1, -0.05) is 11.6 Å². The number of hydrogen-bond donors (Lipinski definition) is 3. The molecule has 0 spiro atoms. The number of nitrogens with one attached hydrogen (secondary N) is 1. The molecule has 6 nitrogen and oxygen atoms in total. The number of halogens is 2. The SMILES string of the molecule is CC(O)C(C)(C)NS(=O)(=O)c1cc(Cl)cc(C(=O)O)c1F. The molecule has 1 atom stereocenters. The monoisotopic (exact) mass is 339 g/mol. The Morgan fingerprint density at radius 3 is 2.38 bits per heavy atom. The van der Waals surface area contributed by atoms with Crippen LogP contribution in [-0.2, 0) is 10.0 Å². The number of aliphatic hydroxyl groups is 1. The zero-order chi connectivity index (χ0) is 16.6. The van der Waals surface area contributed by atoms with Crippen LogP contribution in [-0.4, -0.2) is 36.2 Å². The summed E-state index contributed by atoms with van der Waals surface area (Å²) in [5.41, 5.74) is -2.13. The van der Waals surface area contributed by atoms with E-state index >= 15 is 0 Å². The number of hydrogen-bond acceptors (Lipinski definition) is 4. The van der Waals surface area contributed by atoms with Gasteiger partial charge in [0, 0.05) is 5.02 Å². The van der Waals surface area contributed by atoms with Crippen LogP contribution >= 0.6 is 11.6 Å². The Hall–Kier alpha value is -1.22. The van der Waals surface area contributed by atoms with Crippen LogP contribution in [0.1, 0.15) is 31.1 Å². The molecule has 0 aliphatic carbocycles. The van der Waals surface area contributed by atoms with E-state index in [0.29, 0.717) is 0 Å². The summed E-state index contributed by atoms with van der Waals surface area (Å²) in [6.45, 7) is 4.16. The molecule has 0 aliphatic heterocycles. The van der Waals surface area contributed by atoms with Crippen molar-refractivity contribution in [2.24, 2.45) is 0 Å². The first-order valence-corrected chi connectivity index (χ1v) is 7.69. The lowest BCUT2D eigenvalue weighted by Gasteiger charge is -2.29. The predicted octanol–water partition coefficient (Wildman–Crippen LogP) is 1.62. The molecule has 0 fully saturated rings. The van der Waals surface area contributed by atoms with Crippen molar-refractivity contribution in [3.63, 3.8) is 0 Å². The molecule has 3 N–H and O–H groups in total. The van der Waals surface area contributed by atoms with Gasteiger partial charge in [-0.3, -0.25) is 0 Å². The summed E-state index contributed by atoms with van der Waals surface area (Å²) < 4.78 is 40.5. The predicted molar refractivity (Wildman–Crippen MR) is 74.5 cm³/mol. The first-order chi connectivity index (χ1) is 9.38. The lowest BCUT2D eigenvalue weighted by molar-refractivity contribution is 0.0691. The minimum atomic E-state index is -4.40. The molecule has 0 radical (unpaired) electrons. The van der Waals surface area contributed by atoms with Crippen LogP contribution < -0.4 is 4.72 Å². The van der Waals surface area contributed by atoms with Crippen LogP contribution in [0.4, 0.5) is 4.39 Å². The molecule has 0 amide bonds. The lowest BCUT2D eigenvalue weighted by Crippen LogP contribution is -2.51. The van der Waals surface area contributed by atoms with Crippen LogP contribution in [0.15, 0.2) is 17.0 Å². The van der Waals surface area contributed by atoms with E-state index in [1.165, 1.54) is 20.8 Å².